The first-order valence-electron chi connectivity index (χ1n) is 7.13. The standard InChI is InChI=1S/C16H22FN3/c1-4-9-20-11-13(3)19-16(20)18-8-7-14-5-6-15(17)10-12(14)2/h5-6,10-11H,4,7-9H2,1-3H3,(H,18,19). The summed E-state index contributed by atoms with van der Waals surface area (Å²) < 4.78 is 15.2. The second-order valence-corrected chi connectivity index (χ2v) is 5.15. The van der Waals surface area contributed by atoms with Crippen molar-refractivity contribution in [3.05, 3.63) is 47.0 Å². The lowest BCUT2D eigenvalue weighted by Crippen LogP contribution is -2.11. The van der Waals surface area contributed by atoms with Crippen molar-refractivity contribution in [1.29, 1.82) is 0 Å². The summed E-state index contributed by atoms with van der Waals surface area (Å²) in [4.78, 5) is 4.49. The van der Waals surface area contributed by atoms with Crippen molar-refractivity contribution < 1.29 is 4.39 Å². The van der Waals surface area contributed by atoms with Crippen LogP contribution in [0.1, 0.15) is 30.2 Å². The van der Waals surface area contributed by atoms with Gasteiger partial charge < -0.3 is 9.88 Å². The monoisotopic (exact) mass is 275 g/mol. The number of hydrogen-bond donors (Lipinski definition) is 1. The molecule has 0 radical (unpaired) electrons. The van der Waals surface area contributed by atoms with E-state index in [2.05, 4.69) is 28.0 Å². The minimum atomic E-state index is -0.173. The van der Waals surface area contributed by atoms with Gasteiger partial charge in [0.15, 0.2) is 0 Å². The number of nitrogens with one attached hydrogen (secondary N) is 1. The molecule has 0 atom stereocenters. The summed E-state index contributed by atoms with van der Waals surface area (Å²) in [6.45, 7) is 7.87. The molecule has 1 N–H and O–H groups in total. The highest BCUT2D eigenvalue weighted by atomic mass is 19.1. The van der Waals surface area contributed by atoms with Gasteiger partial charge >= 0.3 is 0 Å². The fraction of sp³-hybridized carbons (Fsp3) is 0.438. The molecule has 0 amide bonds. The maximum Gasteiger partial charge on any atom is 0.203 e. The molecule has 0 saturated carbocycles. The average Bonchev–Trinajstić information content (AvgIpc) is 2.73. The second-order valence-electron chi connectivity index (χ2n) is 5.15. The molecule has 0 aliphatic heterocycles. The number of benzene rings is 1. The number of hydrogen-bond acceptors (Lipinski definition) is 2. The molecule has 0 bridgehead atoms. The number of nitrogens with zero attached hydrogens (tertiary/aromatic N) is 2. The fourth-order valence-corrected chi connectivity index (χ4v) is 2.35. The summed E-state index contributed by atoms with van der Waals surface area (Å²) in [5.74, 6) is 0.748. The largest absolute Gasteiger partial charge is 0.355 e. The zero-order chi connectivity index (χ0) is 14.5. The predicted octanol–water partition coefficient (Wildman–Crippen LogP) is 3.70. The van der Waals surface area contributed by atoms with Gasteiger partial charge in [-0.3, -0.25) is 0 Å². The zero-order valence-corrected chi connectivity index (χ0v) is 12.4. The SMILES string of the molecule is CCCn1cc(C)nc1NCCc1ccc(F)cc1C. The van der Waals surface area contributed by atoms with E-state index in [1.54, 1.807) is 6.07 Å². The Morgan fingerprint density at radius 1 is 1.30 bits per heavy atom. The number of imidazole rings is 1. The normalized spacial score (nSPS) is 10.8. The number of aryl methyl sites for hydroxylation is 3. The van der Waals surface area contributed by atoms with Gasteiger partial charge in [-0.1, -0.05) is 13.0 Å². The van der Waals surface area contributed by atoms with Crippen LogP contribution in [0, 0.1) is 19.7 Å². The third-order valence-electron chi connectivity index (χ3n) is 3.34. The van der Waals surface area contributed by atoms with E-state index in [0.717, 1.165) is 43.1 Å². The van der Waals surface area contributed by atoms with Crippen molar-refractivity contribution in [2.45, 2.75) is 40.2 Å². The molecule has 0 unspecified atom stereocenters. The van der Waals surface area contributed by atoms with Crippen molar-refractivity contribution in [2.24, 2.45) is 0 Å². The summed E-state index contributed by atoms with van der Waals surface area (Å²) in [6.07, 6.45) is 4.01. The van der Waals surface area contributed by atoms with E-state index >= 15 is 0 Å². The van der Waals surface area contributed by atoms with Crippen LogP contribution in [0.15, 0.2) is 24.4 Å². The molecule has 0 saturated heterocycles. The van der Waals surface area contributed by atoms with Crippen LogP contribution in [0.3, 0.4) is 0 Å². The highest BCUT2D eigenvalue weighted by Crippen LogP contribution is 2.12. The maximum absolute atomic E-state index is 13.0. The van der Waals surface area contributed by atoms with Crippen LogP contribution in [0.25, 0.3) is 0 Å². The topological polar surface area (TPSA) is 29.9 Å². The first-order chi connectivity index (χ1) is 9.60. The Hall–Kier alpha value is -1.84. The van der Waals surface area contributed by atoms with Gasteiger partial charge in [-0.25, -0.2) is 9.37 Å². The molecule has 2 rings (SSSR count). The van der Waals surface area contributed by atoms with Crippen molar-refractivity contribution >= 4 is 5.95 Å². The number of anilines is 1. The van der Waals surface area contributed by atoms with Crippen LogP contribution >= 0.6 is 0 Å². The third kappa shape index (κ3) is 3.59. The molecule has 1 aromatic heterocycles. The predicted molar refractivity (Wildman–Crippen MR) is 80.6 cm³/mol. The lowest BCUT2D eigenvalue weighted by Gasteiger charge is -2.10. The van der Waals surface area contributed by atoms with Crippen molar-refractivity contribution in [1.82, 2.24) is 9.55 Å². The average molecular weight is 275 g/mol. The molecular formula is C16H22FN3. The summed E-state index contributed by atoms with van der Waals surface area (Å²) in [7, 11) is 0. The number of halogens is 1. The van der Waals surface area contributed by atoms with Gasteiger partial charge in [-0.05, 0) is 49.9 Å². The van der Waals surface area contributed by atoms with Crippen LogP contribution in [-0.2, 0) is 13.0 Å². The maximum atomic E-state index is 13.0. The Morgan fingerprint density at radius 3 is 2.80 bits per heavy atom. The molecule has 0 spiro atoms. The Balaban J connectivity index is 1.95. The summed E-state index contributed by atoms with van der Waals surface area (Å²) >= 11 is 0. The van der Waals surface area contributed by atoms with Crippen molar-refractivity contribution in [3.8, 4) is 0 Å². The number of aromatic nitrogens is 2. The minimum Gasteiger partial charge on any atom is -0.355 e. The molecular weight excluding hydrogens is 253 g/mol. The van der Waals surface area contributed by atoms with Crippen LogP contribution < -0.4 is 5.32 Å². The van der Waals surface area contributed by atoms with Crippen LogP contribution in [0.2, 0.25) is 0 Å². The number of rotatable bonds is 6. The first-order valence-corrected chi connectivity index (χ1v) is 7.13. The molecule has 108 valence electrons. The van der Waals surface area contributed by atoms with E-state index in [-0.39, 0.29) is 5.82 Å². The van der Waals surface area contributed by atoms with E-state index in [1.807, 2.05) is 19.9 Å². The molecule has 1 aromatic carbocycles. The highest BCUT2D eigenvalue weighted by molar-refractivity contribution is 5.31. The van der Waals surface area contributed by atoms with Gasteiger partial charge in [0.05, 0.1) is 5.69 Å². The molecule has 2 aromatic rings. The van der Waals surface area contributed by atoms with Gasteiger partial charge in [0.2, 0.25) is 5.95 Å². The van der Waals surface area contributed by atoms with Gasteiger partial charge in [-0.15, -0.1) is 0 Å². The fourth-order valence-electron chi connectivity index (χ4n) is 2.35. The second kappa shape index (κ2) is 6.55. The quantitative estimate of drug-likeness (QED) is 0.871. The summed E-state index contributed by atoms with van der Waals surface area (Å²) in [5.41, 5.74) is 3.20. The van der Waals surface area contributed by atoms with Gasteiger partial charge in [-0.2, -0.15) is 0 Å². The molecule has 20 heavy (non-hydrogen) atoms. The molecule has 1 heterocycles. The summed E-state index contributed by atoms with van der Waals surface area (Å²) in [6, 6.07) is 4.96. The Morgan fingerprint density at radius 2 is 2.10 bits per heavy atom. The summed E-state index contributed by atoms with van der Waals surface area (Å²) in [5, 5.41) is 3.37. The lowest BCUT2D eigenvalue weighted by molar-refractivity contribution is 0.625. The van der Waals surface area contributed by atoms with E-state index < -0.39 is 0 Å². The Kier molecular flexibility index (Phi) is 4.77. The van der Waals surface area contributed by atoms with Crippen LogP contribution in [-0.4, -0.2) is 16.1 Å². The molecule has 4 heteroatoms. The van der Waals surface area contributed by atoms with E-state index in [1.165, 1.54) is 11.6 Å². The van der Waals surface area contributed by atoms with E-state index in [4.69, 9.17) is 0 Å². The van der Waals surface area contributed by atoms with Crippen molar-refractivity contribution in [2.75, 3.05) is 11.9 Å². The van der Waals surface area contributed by atoms with Gasteiger partial charge in [0.25, 0.3) is 0 Å². The van der Waals surface area contributed by atoms with Crippen molar-refractivity contribution in [3.63, 3.8) is 0 Å². The van der Waals surface area contributed by atoms with Gasteiger partial charge in [0, 0.05) is 19.3 Å². The third-order valence-corrected chi connectivity index (χ3v) is 3.34. The van der Waals surface area contributed by atoms with E-state index in [0.29, 0.717) is 0 Å². The highest BCUT2D eigenvalue weighted by Gasteiger charge is 2.05. The minimum absolute atomic E-state index is 0.173. The molecule has 0 aliphatic rings. The Bertz CT molecular complexity index is 575. The smallest absolute Gasteiger partial charge is 0.203 e. The molecule has 0 aliphatic carbocycles. The first kappa shape index (κ1) is 14.6. The van der Waals surface area contributed by atoms with E-state index in [9.17, 15) is 4.39 Å². The zero-order valence-electron chi connectivity index (χ0n) is 12.4. The Labute approximate surface area is 119 Å². The molecule has 0 fully saturated rings. The van der Waals surface area contributed by atoms with Gasteiger partial charge in [0.1, 0.15) is 5.82 Å². The van der Waals surface area contributed by atoms with Crippen LogP contribution in [0.4, 0.5) is 10.3 Å². The lowest BCUT2D eigenvalue weighted by atomic mass is 10.1. The molecule has 3 nitrogen and oxygen atoms in total. The van der Waals surface area contributed by atoms with Crippen LogP contribution in [0.5, 0.6) is 0 Å².